The Morgan fingerprint density at radius 2 is 1.81 bits per heavy atom. The number of hydrogen-bond donors (Lipinski definition) is 2. The van der Waals surface area contributed by atoms with Gasteiger partial charge in [-0.05, 0) is 30.3 Å². The van der Waals surface area contributed by atoms with Gasteiger partial charge in [-0.1, -0.05) is 47.2 Å². The second-order valence-corrected chi connectivity index (χ2v) is 7.29. The molecule has 4 rings (SSSR count). The topological polar surface area (TPSA) is 81.1 Å². The number of rotatable bonds is 3. The first kappa shape index (κ1) is 16.6. The van der Waals surface area contributed by atoms with Crippen LogP contribution in [0.15, 0.2) is 54.6 Å². The van der Waals surface area contributed by atoms with Crippen LogP contribution in [0, 0.1) is 0 Å². The average molecular weight is 382 g/mol. The summed E-state index contributed by atoms with van der Waals surface area (Å²) in [5.41, 5.74) is 14.5. The molecule has 0 fully saturated rings. The zero-order valence-electron chi connectivity index (χ0n) is 14.0. The van der Waals surface area contributed by atoms with E-state index in [1.807, 2.05) is 66.5 Å². The van der Waals surface area contributed by atoms with Crippen LogP contribution in [0.2, 0.25) is 5.02 Å². The van der Waals surface area contributed by atoms with Crippen molar-refractivity contribution < 1.29 is 0 Å². The van der Waals surface area contributed by atoms with E-state index in [9.17, 15) is 0 Å². The van der Waals surface area contributed by atoms with Crippen molar-refractivity contribution in [3.8, 4) is 11.4 Å². The Kier molecular flexibility index (Phi) is 4.14. The van der Waals surface area contributed by atoms with E-state index in [4.69, 9.17) is 23.1 Å². The predicted octanol–water partition coefficient (Wildman–Crippen LogP) is 4.94. The third kappa shape index (κ3) is 2.94. The zero-order chi connectivity index (χ0) is 18.3. The number of halogens is 1. The van der Waals surface area contributed by atoms with Gasteiger partial charge in [0.1, 0.15) is 10.6 Å². The highest BCUT2D eigenvalue weighted by Gasteiger charge is 2.15. The lowest BCUT2D eigenvalue weighted by molar-refractivity contribution is 1.24. The molecule has 2 aromatic heterocycles. The Morgan fingerprint density at radius 1 is 1.00 bits per heavy atom. The quantitative estimate of drug-likeness (QED) is 0.491. The third-order valence-corrected chi connectivity index (χ3v) is 5.52. The van der Waals surface area contributed by atoms with Gasteiger partial charge in [-0.2, -0.15) is 0 Å². The van der Waals surface area contributed by atoms with Gasteiger partial charge in [-0.3, -0.25) is 0 Å². The minimum absolute atomic E-state index is 0.447. The SMILES string of the molecule is CN(c1cc2c(N)nc(-c3cccc(N)c3)nc2s1)c1ccccc1Cl. The van der Waals surface area contributed by atoms with Gasteiger partial charge in [-0.25, -0.2) is 9.97 Å². The molecule has 130 valence electrons. The normalized spacial score (nSPS) is 11.0. The van der Waals surface area contributed by atoms with Crippen molar-refractivity contribution in [2.45, 2.75) is 0 Å². The number of nitrogen functional groups attached to an aromatic ring is 2. The predicted molar refractivity (Wildman–Crippen MR) is 111 cm³/mol. The first-order chi connectivity index (χ1) is 12.5. The van der Waals surface area contributed by atoms with Crippen LogP contribution in [0.5, 0.6) is 0 Å². The Morgan fingerprint density at radius 3 is 2.58 bits per heavy atom. The third-order valence-electron chi connectivity index (χ3n) is 4.10. The smallest absolute Gasteiger partial charge is 0.163 e. The zero-order valence-corrected chi connectivity index (χ0v) is 15.6. The molecule has 0 saturated carbocycles. The number of thiophene rings is 1. The summed E-state index contributed by atoms with van der Waals surface area (Å²) in [4.78, 5) is 12.0. The van der Waals surface area contributed by atoms with Gasteiger partial charge >= 0.3 is 0 Å². The number of fused-ring (bicyclic) bond motifs is 1. The van der Waals surface area contributed by atoms with Gasteiger partial charge in [0.15, 0.2) is 5.82 Å². The van der Waals surface area contributed by atoms with E-state index < -0.39 is 0 Å². The Hall–Kier alpha value is -2.83. The minimum Gasteiger partial charge on any atom is -0.399 e. The highest BCUT2D eigenvalue weighted by Crippen LogP contribution is 2.39. The van der Waals surface area contributed by atoms with Crippen LogP contribution in [0.4, 0.5) is 22.2 Å². The second kappa shape index (κ2) is 6.48. The van der Waals surface area contributed by atoms with Crippen LogP contribution in [0.3, 0.4) is 0 Å². The van der Waals surface area contributed by atoms with Crippen LogP contribution < -0.4 is 16.4 Å². The highest BCUT2D eigenvalue weighted by molar-refractivity contribution is 7.22. The van der Waals surface area contributed by atoms with Gasteiger partial charge in [-0.15, -0.1) is 0 Å². The molecular weight excluding hydrogens is 366 g/mol. The fraction of sp³-hybridized carbons (Fsp3) is 0.0526. The van der Waals surface area contributed by atoms with Gasteiger partial charge in [0.05, 0.1) is 21.1 Å². The van der Waals surface area contributed by atoms with Crippen LogP contribution in [-0.2, 0) is 0 Å². The summed E-state index contributed by atoms with van der Waals surface area (Å²) in [7, 11) is 1.97. The van der Waals surface area contributed by atoms with Crippen molar-refractivity contribution in [2.24, 2.45) is 0 Å². The Labute approximate surface area is 159 Å². The number of benzene rings is 2. The molecule has 0 aliphatic heterocycles. The molecule has 0 radical (unpaired) electrons. The lowest BCUT2D eigenvalue weighted by Gasteiger charge is -2.18. The molecule has 4 N–H and O–H groups in total. The highest BCUT2D eigenvalue weighted by atomic mass is 35.5. The van der Waals surface area contributed by atoms with Crippen molar-refractivity contribution in [1.29, 1.82) is 0 Å². The molecule has 7 heteroatoms. The van der Waals surface area contributed by atoms with E-state index >= 15 is 0 Å². The summed E-state index contributed by atoms with van der Waals surface area (Å²) in [6, 6.07) is 17.1. The maximum absolute atomic E-state index is 6.32. The summed E-state index contributed by atoms with van der Waals surface area (Å²) in [6.07, 6.45) is 0. The number of nitrogens with zero attached hydrogens (tertiary/aromatic N) is 3. The van der Waals surface area contributed by atoms with E-state index in [0.717, 1.165) is 26.5 Å². The fourth-order valence-electron chi connectivity index (χ4n) is 2.75. The maximum Gasteiger partial charge on any atom is 0.163 e. The number of hydrogen-bond acceptors (Lipinski definition) is 6. The Bertz CT molecular complexity index is 1110. The van der Waals surface area contributed by atoms with E-state index in [1.165, 1.54) is 0 Å². The molecule has 0 bridgehead atoms. The molecule has 26 heavy (non-hydrogen) atoms. The van der Waals surface area contributed by atoms with Crippen LogP contribution in [0.1, 0.15) is 0 Å². The molecule has 0 unspecified atom stereocenters. The van der Waals surface area contributed by atoms with Crippen LogP contribution in [0.25, 0.3) is 21.6 Å². The molecule has 5 nitrogen and oxygen atoms in total. The van der Waals surface area contributed by atoms with E-state index in [1.54, 1.807) is 11.3 Å². The molecule has 0 saturated heterocycles. The van der Waals surface area contributed by atoms with E-state index in [0.29, 0.717) is 22.4 Å². The standard InChI is InChI=1S/C19H16ClN5S/c1-25(15-8-3-2-7-14(15)20)16-10-13-17(22)23-18(24-19(13)26-16)11-5-4-6-12(21)9-11/h2-10H,21H2,1H3,(H2,22,23,24). The first-order valence-electron chi connectivity index (χ1n) is 7.94. The summed E-state index contributed by atoms with van der Waals surface area (Å²) >= 11 is 7.86. The minimum atomic E-state index is 0.447. The molecule has 4 aromatic rings. The van der Waals surface area contributed by atoms with Gasteiger partial charge in [0.25, 0.3) is 0 Å². The molecule has 0 aliphatic rings. The van der Waals surface area contributed by atoms with Crippen molar-refractivity contribution in [1.82, 2.24) is 9.97 Å². The molecule has 2 heterocycles. The number of nitrogens with two attached hydrogens (primary N) is 2. The van der Waals surface area contributed by atoms with Crippen molar-refractivity contribution in [3.05, 3.63) is 59.6 Å². The summed E-state index contributed by atoms with van der Waals surface area (Å²) in [6.45, 7) is 0. The summed E-state index contributed by atoms with van der Waals surface area (Å²) in [5, 5.41) is 2.50. The first-order valence-corrected chi connectivity index (χ1v) is 9.13. The molecule has 2 aromatic carbocycles. The number of aromatic nitrogens is 2. The van der Waals surface area contributed by atoms with Crippen molar-refractivity contribution in [2.75, 3.05) is 23.4 Å². The fourth-order valence-corrected chi connectivity index (χ4v) is 4.02. The summed E-state index contributed by atoms with van der Waals surface area (Å²) in [5.74, 6) is 1.01. The maximum atomic E-state index is 6.32. The van der Waals surface area contributed by atoms with E-state index in [-0.39, 0.29) is 0 Å². The number of anilines is 4. The van der Waals surface area contributed by atoms with Crippen molar-refractivity contribution >= 4 is 55.3 Å². The lowest BCUT2D eigenvalue weighted by atomic mass is 10.2. The summed E-state index contributed by atoms with van der Waals surface area (Å²) < 4.78 is 0. The van der Waals surface area contributed by atoms with E-state index in [2.05, 4.69) is 9.97 Å². The molecule has 0 aliphatic carbocycles. The van der Waals surface area contributed by atoms with Gasteiger partial charge in [0.2, 0.25) is 0 Å². The molecule has 0 spiro atoms. The van der Waals surface area contributed by atoms with Gasteiger partial charge in [0, 0.05) is 18.3 Å². The monoisotopic (exact) mass is 381 g/mol. The van der Waals surface area contributed by atoms with Crippen LogP contribution >= 0.6 is 22.9 Å². The van der Waals surface area contributed by atoms with Crippen LogP contribution in [-0.4, -0.2) is 17.0 Å². The number of para-hydroxylation sites is 1. The van der Waals surface area contributed by atoms with Crippen molar-refractivity contribution in [3.63, 3.8) is 0 Å². The van der Waals surface area contributed by atoms with Gasteiger partial charge < -0.3 is 16.4 Å². The lowest BCUT2D eigenvalue weighted by Crippen LogP contribution is -2.07. The molecular formula is C19H16ClN5S. The largest absolute Gasteiger partial charge is 0.399 e. The molecule has 0 atom stereocenters. The second-order valence-electron chi connectivity index (χ2n) is 5.87. The molecule has 0 amide bonds. The Balaban J connectivity index is 1.80. The average Bonchev–Trinajstić information content (AvgIpc) is 3.06.